The van der Waals surface area contributed by atoms with Gasteiger partial charge in [-0.05, 0) is 76.1 Å². The van der Waals surface area contributed by atoms with Crippen LogP contribution in [0.3, 0.4) is 0 Å². The minimum atomic E-state index is 0.432. The zero-order chi connectivity index (χ0) is 15.4. The van der Waals surface area contributed by atoms with Crippen LogP contribution < -0.4 is 5.73 Å². The summed E-state index contributed by atoms with van der Waals surface area (Å²) in [5.41, 5.74) is 10.3. The summed E-state index contributed by atoms with van der Waals surface area (Å²) >= 11 is 0. The van der Waals surface area contributed by atoms with E-state index in [4.69, 9.17) is 5.73 Å². The first-order valence-electron chi connectivity index (χ1n) is 8.61. The Bertz CT molecular complexity index is 447. The van der Waals surface area contributed by atoms with Crippen molar-refractivity contribution in [2.75, 3.05) is 6.54 Å². The molecule has 0 amide bonds. The zero-order valence-electron chi connectivity index (χ0n) is 14.2. The Morgan fingerprint density at radius 2 is 1.81 bits per heavy atom. The van der Waals surface area contributed by atoms with Crippen molar-refractivity contribution in [3.05, 3.63) is 34.9 Å². The van der Waals surface area contributed by atoms with Crippen LogP contribution in [-0.2, 0) is 0 Å². The van der Waals surface area contributed by atoms with Gasteiger partial charge < -0.3 is 5.73 Å². The number of rotatable bonds is 5. The average Bonchev–Trinajstić information content (AvgIpc) is 2.48. The number of hydrogen-bond acceptors (Lipinski definition) is 2. The molecule has 0 radical (unpaired) electrons. The van der Waals surface area contributed by atoms with Crippen molar-refractivity contribution in [2.24, 2.45) is 5.73 Å². The number of nitrogens with two attached hydrogens (primary N) is 1. The lowest BCUT2D eigenvalue weighted by molar-refractivity contribution is 0.107. The summed E-state index contributed by atoms with van der Waals surface area (Å²) in [7, 11) is 0. The van der Waals surface area contributed by atoms with E-state index in [1.165, 1.54) is 55.3 Å². The molecule has 1 atom stereocenters. The Kier molecular flexibility index (Phi) is 5.83. The summed E-state index contributed by atoms with van der Waals surface area (Å²) in [5, 5.41) is 0. The number of benzene rings is 1. The highest BCUT2D eigenvalue weighted by molar-refractivity contribution is 5.31. The largest absolute Gasteiger partial charge is 0.328 e. The van der Waals surface area contributed by atoms with Gasteiger partial charge in [-0.15, -0.1) is 0 Å². The molecule has 0 saturated heterocycles. The van der Waals surface area contributed by atoms with Crippen LogP contribution in [0.25, 0.3) is 0 Å². The number of hydrogen-bond donors (Lipinski definition) is 1. The molecule has 2 nitrogen and oxygen atoms in total. The maximum atomic E-state index is 6.08. The van der Waals surface area contributed by atoms with Crippen LogP contribution in [0.15, 0.2) is 18.2 Å². The lowest BCUT2D eigenvalue weighted by atomic mass is 9.89. The summed E-state index contributed by atoms with van der Waals surface area (Å²) < 4.78 is 0. The van der Waals surface area contributed by atoms with E-state index >= 15 is 0 Å². The van der Waals surface area contributed by atoms with Gasteiger partial charge in [-0.1, -0.05) is 25.1 Å². The highest BCUT2D eigenvalue weighted by Gasteiger charge is 2.27. The fraction of sp³-hybridized carbons (Fsp3) is 0.684. The van der Waals surface area contributed by atoms with E-state index in [0.29, 0.717) is 18.1 Å². The second kappa shape index (κ2) is 7.42. The third kappa shape index (κ3) is 4.08. The van der Waals surface area contributed by atoms with Gasteiger partial charge in [0.05, 0.1) is 0 Å². The van der Waals surface area contributed by atoms with Crippen LogP contribution in [0.1, 0.15) is 68.7 Å². The fourth-order valence-corrected chi connectivity index (χ4v) is 3.60. The van der Waals surface area contributed by atoms with Crippen LogP contribution >= 0.6 is 0 Å². The molecule has 1 aromatic rings. The van der Waals surface area contributed by atoms with Crippen LogP contribution in [0.5, 0.6) is 0 Å². The second-order valence-corrected chi connectivity index (χ2v) is 6.83. The van der Waals surface area contributed by atoms with E-state index in [2.05, 4.69) is 50.8 Å². The van der Waals surface area contributed by atoms with Crippen molar-refractivity contribution in [1.82, 2.24) is 4.90 Å². The lowest BCUT2D eigenvalue weighted by Crippen LogP contribution is -2.42. The van der Waals surface area contributed by atoms with Crippen LogP contribution in [-0.4, -0.2) is 23.5 Å². The normalized spacial score (nSPS) is 24.3. The minimum Gasteiger partial charge on any atom is -0.328 e. The maximum absolute atomic E-state index is 6.08. The minimum absolute atomic E-state index is 0.432. The molecule has 0 bridgehead atoms. The molecular weight excluding hydrogens is 256 g/mol. The second-order valence-electron chi connectivity index (χ2n) is 6.83. The predicted octanol–water partition coefficient (Wildman–Crippen LogP) is 4.35. The molecule has 0 spiro atoms. The van der Waals surface area contributed by atoms with Crippen molar-refractivity contribution >= 4 is 0 Å². The first kappa shape index (κ1) is 16.5. The summed E-state index contributed by atoms with van der Waals surface area (Å²) in [6.07, 6.45) is 6.11. The Morgan fingerprint density at radius 3 is 2.38 bits per heavy atom. The summed E-state index contributed by atoms with van der Waals surface area (Å²) in [4.78, 5) is 2.72. The molecule has 1 aliphatic rings. The summed E-state index contributed by atoms with van der Waals surface area (Å²) in [6.45, 7) is 10.3. The summed E-state index contributed by atoms with van der Waals surface area (Å²) in [6, 6.07) is 8.59. The highest BCUT2D eigenvalue weighted by Crippen LogP contribution is 2.30. The standard InChI is InChI=1S/C19H32N2/c1-5-12-21(19-10-8-18(20)9-11-19)16(4)17-7-6-14(2)15(3)13-17/h6-7,13,16,18-19H,5,8-12,20H2,1-4H3. The van der Waals surface area contributed by atoms with Gasteiger partial charge in [0, 0.05) is 18.1 Å². The lowest BCUT2D eigenvalue weighted by Gasteiger charge is -2.40. The molecule has 0 aromatic heterocycles. The molecule has 0 aliphatic heterocycles. The van der Waals surface area contributed by atoms with Gasteiger partial charge in [0.2, 0.25) is 0 Å². The van der Waals surface area contributed by atoms with Gasteiger partial charge in [0.1, 0.15) is 0 Å². The van der Waals surface area contributed by atoms with Crippen LogP contribution in [0, 0.1) is 13.8 Å². The molecular formula is C19H32N2. The first-order valence-corrected chi connectivity index (χ1v) is 8.61. The topological polar surface area (TPSA) is 29.3 Å². The fourth-order valence-electron chi connectivity index (χ4n) is 3.60. The van der Waals surface area contributed by atoms with Gasteiger partial charge in [-0.3, -0.25) is 4.90 Å². The molecule has 2 rings (SSSR count). The number of aryl methyl sites for hydroxylation is 2. The molecule has 1 saturated carbocycles. The van der Waals surface area contributed by atoms with E-state index in [-0.39, 0.29) is 0 Å². The van der Waals surface area contributed by atoms with Gasteiger partial charge in [-0.2, -0.15) is 0 Å². The molecule has 118 valence electrons. The van der Waals surface area contributed by atoms with Crippen molar-refractivity contribution in [1.29, 1.82) is 0 Å². The Morgan fingerprint density at radius 1 is 1.14 bits per heavy atom. The van der Waals surface area contributed by atoms with Crippen LogP contribution in [0.4, 0.5) is 0 Å². The molecule has 1 aromatic carbocycles. The van der Waals surface area contributed by atoms with Gasteiger partial charge in [0.15, 0.2) is 0 Å². The highest BCUT2D eigenvalue weighted by atomic mass is 15.2. The molecule has 21 heavy (non-hydrogen) atoms. The number of nitrogens with zero attached hydrogens (tertiary/aromatic N) is 1. The van der Waals surface area contributed by atoms with Crippen molar-refractivity contribution in [3.63, 3.8) is 0 Å². The van der Waals surface area contributed by atoms with E-state index in [9.17, 15) is 0 Å². The van der Waals surface area contributed by atoms with E-state index in [0.717, 1.165) is 0 Å². The summed E-state index contributed by atoms with van der Waals surface area (Å²) in [5.74, 6) is 0. The molecule has 1 aliphatic carbocycles. The van der Waals surface area contributed by atoms with Gasteiger partial charge >= 0.3 is 0 Å². The van der Waals surface area contributed by atoms with Crippen molar-refractivity contribution in [3.8, 4) is 0 Å². The SMILES string of the molecule is CCCN(C1CCC(N)CC1)C(C)c1ccc(C)c(C)c1. The quantitative estimate of drug-likeness (QED) is 0.873. The molecule has 2 heteroatoms. The third-order valence-electron chi connectivity index (χ3n) is 5.20. The first-order chi connectivity index (χ1) is 10.0. The van der Waals surface area contributed by atoms with Crippen molar-refractivity contribution < 1.29 is 0 Å². The average molecular weight is 288 g/mol. The third-order valence-corrected chi connectivity index (χ3v) is 5.20. The zero-order valence-corrected chi connectivity index (χ0v) is 14.2. The van der Waals surface area contributed by atoms with Crippen LogP contribution in [0.2, 0.25) is 0 Å². The molecule has 1 unspecified atom stereocenters. The van der Waals surface area contributed by atoms with E-state index in [1.807, 2.05) is 0 Å². The maximum Gasteiger partial charge on any atom is 0.0322 e. The van der Waals surface area contributed by atoms with Gasteiger partial charge in [-0.25, -0.2) is 0 Å². The Balaban J connectivity index is 2.14. The van der Waals surface area contributed by atoms with E-state index < -0.39 is 0 Å². The van der Waals surface area contributed by atoms with Gasteiger partial charge in [0.25, 0.3) is 0 Å². The molecule has 0 heterocycles. The molecule has 2 N–H and O–H groups in total. The monoisotopic (exact) mass is 288 g/mol. The van der Waals surface area contributed by atoms with Crippen molar-refractivity contribution in [2.45, 2.75) is 77.9 Å². The Hall–Kier alpha value is -0.860. The Labute approximate surface area is 130 Å². The smallest absolute Gasteiger partial charge is 0.0322 e. The molecule has 1 fully saturated rings. The predicted molar refractivity (Wildman–Crippen MR) is 91.6 cm³/mol. The van der Waals surface area contributed by atoms with E-state index in [1.54, 1.807) is 0 Å².